The van der Waals surface area contributed by atoms with Gasteiger partial charge in [0.05, 0.1) is 11.6 Å². The van der Waals surface area contributed by atoms with E-state index in [4.69, 9.17) is 4.74 Å². The molecule has 0 spiro atoms. The van der Waals surface area contributed by atoms with E-state index in [0.29, 0.717) is 11.8 Å². The molecule has 2 aromatic rings. The number of halogens is 3. The van der Waals surface area contributed by atoms with E-state index in [1.54, 1.807) is 12.1 Å². The summed E-state index contributed by atoms with van der Waals surface area (Å²) in [6.07, 6.45) is -0.0634. The third-order valence-corrected chi connectivity index (χ3v) is 4.46. The topological polar surface area (TPSA) is 75.7 Å². The fraction of sp³-hybridized carbons (Fsp3) is 0.250. The van der Waals surface area contributed by atoms with Crippen LogP contribution in [0.15, 0.2) is 36.4 Å². The van der Waals surface area contributed by atoms with Crippen molar-refractivity contribution in [1.82, 2.24) is 0 Å². The summed E-state index contributed by atoms with van der Waals surface area (Å²) >= 11 is 0. The molecule has 0 radical (unpaired) electrons. The molecule has 1 aliphatic rings. The molecule has 1 fully saturated rings. The number of rotatable bonds is 5. The Bertz CT molecular complexity index is 963. The molecule has 1 heterocycles. The molecule has 0 aromatic heterocycles. The van der Waals surface area contributed by atoms with Gasteiger partial charge in [-0.05, 0) is 31.2 Å². The molecule has 1 aliphatic heterocycles. The summed E-state index contributed by atoms with van der Waals surface area (Å²) in [7, 11) is 0. The number of aryl methyl sites for hydroxylation is 1. The molecule has 29 heavy (non-hydrogen) atoms. The third-order valence-electron chi connectivity index (χ3n) is 4.46. The number of esters is 1. The molecule has 1 atom stereocenters. The van der Waals surface area contributed by atoms with Crippen LogP contribution in [0.2, 0.25) is 0 Å². The van der Waals surface area contributed by atoms with Gasteiger partial charge in [-0.15, -0.1) is 0 Å². The van der Waals surface area contributed by atoms with Crippen molar-refractivity contribution in [2.75, 3.05) is 23.4 Å². The fourth-order valence-electron chi connectivity index (χ4n) is 2.90. The number of nitrogens with one attached hydrogen (secondary N) is 1. The van der Waals surface area contributed by atoms with Crippen molar-refractivity contribution < 1.29 is 32.3 Å². The van der Waals surface area contributed by atoms with Crippen molar-refractivity contribution in [2.24, 2.45) is 5.92 Å². The molecule has 152 valence electrons. The highest BCUT2D eigenvalue weighted by molar-refractivity contribution is 6.00. The minimum Gasteiger partial charge on any atom is -0.455 e. The number of hydrogen-bond donors (Lipinski definition) is 1. The minimum atomic E-state index is -1.72. The Morgan fingerprint density at radius 3 is 2.48 bits per heavy atom. The predicted molar refractivity (Wildman–Crippen MR) is 97.5 cm³/mol. The zero-order chi connectivity index (χ0) is 21.1. The number of carbonyl (C=O) groups excluding carboxylic acids is 3. The first-order valence-electron chi connectivity index (χ1n) is 8.73. The third kappa shape index (κ3) is 4.56. The normalized spacial score (nSPS) is 16.1. The van der Waals surface area contributed by atoms with Crippen molar-refractivity contribution in [1.29, 1.82) is 0 Å². The Morgan fingerprint density at radius 1 is 1.10 bits per heavy atom. The summed E-state index contributed by atoms with van der Waals surface area (Å²) in [5.41, 5.74) is 1.11. The van der Waals surface area contributed by atoms with Crippen LogP contribution >= 0.6 is 0 Å². The van der Waals surface area contributed by atoms with E-state index in [0.717, 1.165) is 11.6 Å². The zero-order valence-corrected chi connectivity index (χ0v) is 15.4. The number of ether oxygens (including phenoxy) is 1. The van der Waals surface area contributed by atoms with Gasteiger partial charge in [-0.1, -0.05) is 17.7 Å². The summed E-state index contributed by atoms with van der Waals surface area (Å²) in [4.78, 5) is 37.6. The van der Waals surface area contributed by atoms with E-state index in [9.17, 15) is 27.6 Å². The van der Waals surface area contributed by atoms with E-state index in [1.165, 1.54) is 4.90 Å². The first-order chi connectivity index (χ1) is 13.8. The van der Waals surface area contributed by atoms with Crippen LogP contribution in [-0.4, -0.2) is 30.9 Å². The maximum atomic E-state index is 13.6. The molecular weight excluding hydrogens is 389 g/mol. The van der Waals surface area contributed by atoms with Crippen LogP contribution < -0.4 is 10.2 Å². The van der Waals surface area contributed by atoms with Gasteiger partial charge in [-0.25, -0.2) is 13.2 Å². The number of carbonyl (C=O) groups is 3. The second kappa shape index (κ2) is 8.34. The van der Waals surface area contributed by atoms with Crippen molar-refractivity contribution in [3.63, 3.8) is 0 Å². The predicted octanol–water partition coefficient (Wildman–Crippen LogP) is 2.95. The number of benzene rings is 2. The van der Waals surface area contributed by atoms with Gasteiger partial charge in [-0.2, -0.15) is 0 Å². The van der Waals surface area contributed by atoms with Crippen molar-refractivity contribution in [3.05, 3.63) is 59.4 Å². The summed E-state index contributed by atoms with van der Waals surface area (Å²) < 4.78 is 44.5. The number of hydrogen-bond acceptors (Lipinski definition) is 4. The van der Waals surface area contributed by atoms with E-state index in [1.807, 2.05) is 24.4 Å². The second-order valence-electron chi connectivity index (χ2n) is 6.62. The number of anilines is 2. The van der Waals surface area contributed by atoms with Gasteiger partial charge in [0.2, 0.25) is 5.91 Å². The average Bonchev–Trinajstić information content (AvgIpc) is 3.09. The molecule has 6 nitrogen and oxygen atoms in total. The van der Waals surface area contributed by atoms with Crippen molar-refractivity contribution >= 4 is 29.2 Å². The van der Waals surface area contributed by atoms with Crippen LogP contribution in [0.25, 0.3) is 0 Å². The van der Waals surface area contributed by atoms with Gasteiger partial charge in [0, 0.05) is 18.7 Å². The lowest BCUT2D eigenvalue weighted by Crippen LogP contribution is -2.28. The first kappa shape index (κ1) is 20.4. The Labute approximate surface area is 164 Å². The quantitative estimate of drug-likeness (QED) is 0.612. The Morgan fingerprint density at radius 2 is 1.79 bits per heavy atom. The van der Waals surface area contributed by atoms with Gasteiger partial charge < -0.3 is 15.0 Å². The Kier molecular flexibility index (Phi) is 5.86. The molecule has 0 aliphatic carbocycles. The largest absolute Gasteiger partial charge is 0.455 e. The zero-order valence-electron chi connectivity index (χ0n) is 15.4. The van der Waals surface area contributed by atoms with Gasteiger partial charge in [-0.3, -0.25) is 14.4 Å². The van der Waals surface area contributed by atoms with Crippen molar-refractivity contribution in [3.8, 4) is 0 Å². The van der Waals surface area contributed by atoms with Crippen LogP contribution in [0.1, 0.15) is 12.0 Å². The molecule has 2 aromatic carbocycles. The Balaban J connectivity index is 1.54. The van der Waals surface area contributed by atoms with Crippen LogP contribution in [0.4, 0.5) is 24.5 Å². The summed E-state index contributed by atoms with van der Waals surface area (Å²) in [6, 6.07) is 8.73. The molecule has 0 unspecified atom stereocenters. The van der Waals surface area contributed by atoms with Crippen molar-refractivity contribution in [2.45, 2.75) is 13.3 Å². The summed E-state index contributed by atoms with van der Waals surface area (Å²) in [5, 5.41) is 2.00. The lowest BCUT2D eigenvalue weighted by Gasteiger charge is -2.16. The summed E-state index contributed by atoms with van der Waals surface area (Å²) in [5.74, 6) is -7.35. The van der Waals surface area contributed by atoms with E-state index in [2.05, 4.69) is 0 Å². The number of amides is 2. The van der Waals surface area contributed by atoms with E-state index < -0.39 is 47.5 Å². The van der Waals surface area contributed by atoms with Gasteiger partial charge in [0.25, 0.3) is 5.91 Å². The number of nitrogens with zero attached hydrogens (tertiary/aromatic N) is 1. The van der Waals surface area contributed by atoms with E-state index in [-0.39, 0.29) is 18.9 Å². The molecule has 1 N–H and O–H groups in total. The minimum absolute atomic E-state index is 0.0634. The SMILES string of the molecule is Cc1ccc(N2C[C@@H](C(=O)OCC(=O)Nc3ccc(F)c(F)c3F)CC2=O)cc1. The molecule has 3 rings (SSSR count). The molecule has 2 amide bonds. The van der Waals surface area contributed by atoms with Crippen LogP contribution in [0, 0.1) is 30.3 Å². The average molecular weight is 406 g/mol. The van der Waals surface area contributed by atoms with Gasteiger partial charge in [0.1, 0.15) is 0 Å². The lowest BCUT2D eigenvalue weighted by molar-refractivity contribution is -0.151. The lowest BCUT2D eigenvalue weighted by atomic mass is 10.1. The monoisotopic (exact) mass is 406 g/mol. The smallest absolute Gasteiger partial charge is 0.311 e. The molecule has 1 saturated heterocycles. The highest BCUT2D eigenvalue weighted by Gasteiger charge is 2.36. The first-order valence-corrected chi connectivity index (χ1v) is 8.73. The standard InChI is InChI=1S/C20H17F3N2O4/c1-11-2-4-13(5-3-11)25-9-12(8-17(25)27)20(28)29-10-16(26)24-15-7-6-14(21)18(22)19(15)23/h2-7,12H,8-10H2,1H3,(H,24,26)/t12-/m0/s1. The van der Waals surface area contributed by atoms with Crippen LogP contribution in [-0.2, 0) is 19.1 Å². The molecular formula is C20H17F3N2O4. The highest BCUT2D eigenvalue weighted by Crippen LogP contribution is 2.26. The Hall–Kier alpha value is -3.36. The maximum absolute atomic E-state index is 13.6. The highest BCUT2D eigenvalue weighted by atomic mass is 19.2. The molecule has 0 bridgehead atoms. The van der Waals surface area contributed by atoms with Crippen LogP contribution in [0.3, 0.4) is 0 Å². The maximum Gasteiger partial charge on any atom is 0.311 e. The summed E-state index contributed by atoms with van der Waals surface area (Å²) in [6.45, 7) is 1.26. The molecule has 9 heteroatoms. The fourth-order valence-corrected chi connectivity index (χ4v) is 2.90. The molecule has 0 saturated carbocycles. The van der Waals surface area contributed by atoms with Gasteiger partial charge >= 0.3 is 5.97 Å². The van der Waals surface area contributed by atoms with Crippen LogP contribution in [0.5, 0.6) is 0 Å². The van der Waals surface area contributed by atoms with Gasteiger partial charge in [0.15, 0.2) is 24.1 Å². The van der Waals surface area contributed by atoms with E-state index >= 15 is 0 Å². The second-order valence-corrected chi connectivity index (χ2v) is 6.62.